The predicted octanol–water partition coefficient (Wildman–Crippen LogP) is 3.32. The van der Waals surface area contributed by atoms with E-state index in [-0.39, 0.29) is 11.9 Å². The molecule has 2 rings (SSSR count). The largest absolute Gasteiger partial charge is 0.383 e. The van der Waals surface area contributed by atoms with E-state index in [4.69, 9.17) is 4.74 Å². The van der Waals surface area contributed by atoms with Crippen LogP contribution in [0.1, 0.15) is 21.5 Å². The van der Waals surface area contributed by atoms with Crippen molar-refractivity contribution in [2.75, 3.05) is 20.8 Å². The molecule has 22 heavy (non-hydrogen) atoms. The van der Waals surface area contributed by atoms with Crippen LogP contribution in [0.5, 0.6) is 0 Å². The summed E-state index contributed by atoms with van der Waals surface area (Å²) < 4.78 is 5.31. The summed E-state index contributed by atoms with van der Waals surface area (Å²) in [4.78, 5) is 14.4. The van der Waals surface area contributed by atoms with Gasteiger partial charge in [0.25, 0.3) is 5.91 Å². The first-order valence-corrected chi connectivity index (χ1v) is 7.48. The lowest BCUT2D eigenvalue weighted by atomic mass is 10.0. The smallest absolute Gasteiger partial charge is 0.253 e. The lowest BCUT2D eigenvalue weighted by Crippen LogP contribution is -2.41. The van der Waals surface area contributed by atoms with Gasteiger partial charge in [-0.2, -0.15) is 0 Å². The van der Waals surface area contributed by atoms with E-state index in [9.17, 15) is 4.79 Å². The van der Waals surface area contributed by atoms with Crippen LogP contribution in [-0.4, -0.2) is 37.6 Å². The summed E-state index contributed by atoms with van der Waals surface area (Å²) in [5.41, 5.74) is 3.06. The predicted molar refractivity (Wildman–Crippen MR) is 89.1 cm³/mol. The Kier molecular flexibility index (Phi) is 5.73. The topological polar surface area (TPSA) is 29.5 Å². The van der Waals surface area contributed by atoms with E-state index in [1.54, 1.807) is 12.0 Å². The fraction of sp³-hybridized carbons (Fsp3) is 0.316. The van der Waals surface area contributed by atoms with Crippen molar-refractivity contribution in [3.8, 4) is 0 Å². The van der Waals surface area contributed by atoms with Crippen LogP contribution < -0.4 is 0 Å². The minimum Gasteiger partial charge on any atom is -0.383 e. The van der Waals surface area contributed by atoms with Crippen LogP contribution in [0.25, 0.3) is 0 Å². The van der Waals surface area contributed by atoms with Crippen molar-refractivity contribution in [2.45, 2.75) is 19.4 Å². The van der Waals surface area contributed by atoms with Crippen LogP contribution >= 0.6 is 0 Å². The van der Waals surface area contributed by atoms with Crippen LogP contribution in [0.3, 0.4) is 0 Å². The van der Waals surface area contributed by atoms with Crippen LogP contribution in [0.4, 0.5) is 0 Å². The van der Waals surface area contributed by atoms with Crippen molar-refractivity contribution in [3.63, 3.8) is 0 Å². The minimum atomic E-state index is 0.0150. The number of carbonyl (C=O) groups excluding carboxylic acids is 1. The van der Waals surface area contributed by atoms with E-state index in [1.807, 2.05) is 56.4 Å². The summed E-state index contributed by atoms with van der Waals surface area (Å²) in [5.74, 6) is 0.0259. The Bertz CT molecular complexity index is 593. The second-order valence-corrected chi connectivity index (χ2v) is 5.58. The molecule has 0 unspecified atom stereocenters. The van der Waals surface area contributed by atoms with E-state index in [0.717, 1.165) is 12.0 Å². The van der Waals surface area contributed by atoms with E-state index < -0.39 is 0 Å². The molecule has 0 aliphatic heterocycles. The normalized spacial score (nSPS) is 12.0. The summed E-state index contributed by atoms with van der Waals surface area (Å²) in [6.45, 7) is 2.53. The van der Waals surface area contributed by atoms with Crippen molar-refractivity contribution in [1.29, 1.82) is 0 Å². The highest BCUT2D eigenvalue weighted by atomic mass is 16.5. The highest BCUT2D eigenvalue weighted by Crippen LogP contribution is 2.13. The molecule has 0 saturated heterocycles. The molecule has 1 amide bonds. The summed E-state index contributed by atoms with van der Waals surface area (Å²) in [5, 5.41) is 0. The monoisotopic (exact) mass is 297 g/mol. The molecule has 0 saturated carbocycles. The Morgan fingerprint density at radius 3 is 2.32 bits per heavy atom. The number of hydrogen-bond donors (Lipinski definition) is 0. The van der Waals surface area contributed by atoms with Crippen molar-refractivity contribution in [1.82, 2.24) is 4.90 Å². The SMILES string of the molecule is COC[C@H](Cc1ccccc1)N(C)C(=O)c1ccc(C)cc1. The second kappa shape index (κ2) is 7.76. The number of methoxy groups -OCH3 is 1. The quantitative estimate of drug-likeness (QED) is 0.818. The Hall–Kier alpha value is -2.13. The van der Waals surface area contributed by atoms with E-state index in [2.05, 4.69) is 12.1 Å². The first-order chi connectivity index (χ1) is 10.6. The molecule has 3 heteroatoms. The molecule has 3 nitrogen and oxygen atoms in total. The molecule has 0 aliphatic carbocycles. The van der Waals surface area contributed by atoms with Gasteiger partial charge in [-0.25, -0.2) is 0 Å². The van der Waals surface area contributed by atoms with Gasteiger partial charge in [0.05, 0.1) is 12.6 Å². The molecule has 0 spiro atoms. The lowest BCUT2D eigenvalue weighted by molar-refractivity contribution is 0.0604. The van der Waals surface area contributed by atoms with Crippen molar-refractivity contribution >= 4 is 5.91 Å². The average molecular weight is 297 g/mol. The third kappa shape index (κ3) is 4.18. The molecule has 0 heterocycles. The number of rotatable bonds is 6. The number of nitrogens with zero attached hydrogens (tertiary/aromatic N) is 1. The first kappa shape index (κ1) is 16.2. The van der Waals surface area contributed by atoms with Gasteiger partial charge in [-0.3, -0.25) is 4.79 Å². The van der Waals surface area contributed by atoms with Crippen molar-refractivity contribution in [3.05, 3.63) is 71.3 Å². The fourth-order valence-electron chi connectivity index (χ4n) is 2.45. The first-order valence-electron chi connectivity index (χ1n) is 7.48. The summed E-state index contributed by atoms with van der Waals surface area (Å²) in [6.07, 6.45) is 0.781. The maximum atomic E-state index is 12.6. The van der Waals surface area contributed by atoms with Gasteiger partial charge in [0.15, 0.2) is 0 Å². The summed E-state index contributed by atoms with van der Waals surface area (Å²) in [6, 6.07) is 17.9. The molecule has 0 aliphatic rings. The van der Waals surface area contributed by atoms with Crippen LogP contribution in [0, 0.1) is 6.92 Å². The summed E-state index contributed by atoms with van der Waals surface area (Å²) in [7, 11) is 3.51. The van der Waals surface area contributed by atoms with E-state index in [0.29, 0.717) is 12.2 Å². The van der Waals surface area contributed by atoms with E-state index >= 15 is 0 Å². The molecular weight excluding hydrogens is 274 g/mol. The minimum absolute atomic E-state index is 0.0150. The Morgan fingerprint density at radius 1 is 1.09 bits per heavy atom. The third-order valence-corrected chi connectivity index (χ3v) is 3.84. The zero-order valence-electron chi connectivity index (χ0n) is 13.5. The molecule has 2 aromatic carbocycles. The number of ether oxygens (including phenoxy) is 1. The highest BCUT2D eigenvalue weighted by Gasteiger charge is 2.21. The van der Waals surface area contributed by atoms with Crippen molar-refractivity contribution < 1.29 is 9.53 Å². The van der Waals surface area contributed by atoms with Crippen LogP contribution in [0.2, 0.25) is 0 Å². The fourth-order valence-corrected chi connectivity index (χ4v) is 2.45. The highest BCUT2D eigenvalue weighted by molar-refractivity contribution is 5.94. The van der Waals surface area contributed by atoms with Gasteiger partial charge in [0, 0.05) is 19.7 Å². The number of amides is 1. The average Bonchev–Trinajstić information content (AvgIpc) is 2.55. The van der Waals surface area contributed by atoms with E-state index in [1.165, 1.54) is 5.56 Å². The van der Waals surface area contributed by atoms with Gasteiger partial charge in [0.1, 0.15) is 0 Å². The lowest BCUT2D eigenvalue weighted by Gasteiger charge is -2.28. The number of carbonyl (C=O) groups is 1. The molecule has 116 valence electrons. The number of aryl methyl sites for hydroxylation is 1. The van der Waals surface area contributed by atoms with Gasteiger partial charge in [0.2, 0.25) is 0 Å². The summed E-state index contributed by atoms with van der Waals surface area (Å²) >= 11 is 0. The molecule has 0 N–H and O–H groups in total. The van der Waals surface area contributed by atoms with Crippen LogP contribution in [0.15, 0.2) is 54.6 Å². The zero-order valence-corrected chi connectivity index (χ0v) is 13.5. The zero-order chi connectivity index (χ0) is 15.9. The molecule has 0 radical (unpaired) electrons. The second-order valence-electron chi connectivity index (χ2n) is 5.58. The molecular formula is C19H23NO2. The standard InChI is InChI=1S/C19H23NO2/c1-15-9-11-17(12-10-15)19(21)20(2)18(14-22-3)13-16-7-5-4-6-8-16/h4-12,18H,13-14H2,1-3H3/t18-/m0/s1. The number of hydrogen-bond acceptors (Lipinski definition) is 2. The molecule has 2 aromatic rings. The van der Waals surface area contributed by atoms with Gasteiger partial charge in [-0.05, 0) is 31.0 Å². The third-order valence-electron chi connectivity index (χ3n) is 3.84. The maximum Gasteiger partial charge on any atom is 0.253 e. The Labute approximate surface area is 132 Å². The molecule has 1 atom stereocenters. The molecule has 0 aromatic heterocycles. The van der Waals surface area contributed by atoms with Gasteiger partial charge < -0.3 is 9.64 Å². The Balaban J connectivity index is 2.13. The number of likely N-dealkylation sites (N-methyl/N-ethyl adjacent to an activating group) is 1. The van der Waals surface area contributed by atoms with Gasteiger partial charge in [-0.1, -0.05) is 48.0 Å². The molecule has 0 bridgehead atoms. The number of benzene rings is 2. The van der Waals surface area contributed by atoms with Gasteiger partial charge in [-0.15, -0.1) is 0 Å². The molecule has 0 fully saturated rings. The van der Waals surface area contributed by atoms with Gasteiger partial charge >= 0.3 is 0 Å². The van der Waals surface area contributed by atoms with Crippen LogP contribution in [-0.2, 0) is 11.2 Å². The Morgan fingerprint density at radius 2 is 1.73 bits per heavy atom. The maximum absolute atomic E-state index is 12.6. The van der Waals surface area contributed by atoms with Crippen molar-refractivity contribution in [2.24, 2.45) is 0 Å².